The van der Waals surface area contributed by atoms with Gasteiger partial charge in [-0.05, 0) is 34.1 Å². The highest BCUT2D eigenvalue weighted by atomic mass is 79.9. The Morgan fingerprint density at radius 2 is 2.35 bits per heavy atom. The van der Waals surface area contributed by atoms with E-state index in [-0.39, 0.29) is 5.69 Å². The van der Waals surface area contributed by atoms with Gasteiger partial charge < -0.3 is 5.11 Å². The first kappa shape index (κ1) is 11.4. The fourth-order valence-corrected chi connectivity index (χ4v) is 1.87. The van der Waals surface area contributed by atoms with Crippen LogP contribution in [0, 0.1) is 11.3 Å². The van der Waals surface area contributed by atoms with Gasteiger partial charge >= 0.3 is 5.97 Å². The van der Waals surface area contributed by atoms with E-state index in [9.17, 15) is 4.79 Å². The number of aromatic nitrogens is 2. The van der Waals surface area contributed by atoms with E-state index in [2.05, 4.69) is 20.9 Å². The minimum absolute atomic E-state index is 0.0482. The van der Waals surface area contributed by atoms with Gasteiger partial charge in [0.25, 0.3) is 0 Å². The van der Waals surface area contributed by atoms with Gasteiger partial charge in [0.1, 0.15) is 11.8 Å². The van der Waals surface area contributed by atoms with Crippen LogP contribution < -0.4 is 0 Å². The van der Waals surface area contributed by atoms with Crippen molar-refractivity contribution in [3.8, 4) is 11.9 Å². The van der Waals surface area contributed by atoms with Gasteiger partial charge in [0, 0.05) is 16.9 Å². The molecule has 6 heteroatoms. The average molecular weight is 292 g/mol. The molecular formula is C11H6BrN3O2. The number of aromatic carboxylic acids is 1. The first-order valence-corrected chi connectivity index (χ1v) is 5.39. The zero-order valence-corrected chi connectivity index (χ0v) is 10.0. The summed E-state index contributed by atoms with van der Waals surface area (Å²) in [5.74, 6) is -0.775. The summed E-state index contributed by atoms with van der Waals surface area (Å²) in [5, 5.41) is 18.0. The van der Waals surface area contributed by atoms with Crippen LogP contribution in [0.15, 0.2) is 35.1 Å². The van der Waals surface area contributed by atoms with E-state index in [0.717, 1.165) is 0 Å². The average Bonchev–Trinajstić information content (AvgIpc) is 2.71. The van der Waals surface area contributed by atoms with E-state index < -0.39 is 5.97 Å². The topological polar surface area (TPSA) is 78.9 Å². The van der Waals surface area contributed by atoms with Crippen molar-refractivity contribution in [1.29, 1.82) is 5.26 Å². The molecule has 2 aromatic heterocycles. The van der Waals surface area contributed by atoms with Crippen LogP contribution in [0.1, 0.15) is 16.1 Å². The van der Waals surface area contributed by atoms with Crippen molar-refractivity contribution in [2.24, 2.45) is 0 Å². The van der Waals surface area contributed by atoms with Crippen LogP contribution in [0.3, 0.4) is 0 Å². The normalized spacial score (nSPS) is 9.88. The number of carboxylic acids is 1. The largest absolute Gasteiger partial charge is 0.477 e. The Hall–Kier alpha value is -2.13. The number of nitriles is 1. The van der Waals surface area contributed by atoms with Gasteiger partial charge in [0.15, 0.2) is 5.82 Å². The van der Waals surface area contributed by atoms with Crippen molar-refractivity contribution in [3.05, 3.63) is 46.3 Å². The molecule has 0 aromatic carbocycles. The highest BCUT2D eigenvalue weighted by Gasteiger charge is 2.15. The summed E-state index contributed by atoms with van der Waals surface area (Å²) >= 11 is 3.20. The molecular weight excluding hydrogens is 286 g/mol. The first-order chi connectivity index (χ1) is 8.13. The zero-order chi connectivity index (χ0) is 12.4. The quantitative estimate of drug-likeness (QED) is 0.920. The Kier molecular flexibility index (Phi) is 2.93. The van der Waals surface area contributed by atoms with E-state index in [1.54, 1.807) is 18.3 Å². The molecule has 0 amide bonds. The summed E-state index contributed by atoms with van der Waals surface area (Å²) in [4.78, 5) is 15.1. The number of pyridine rings is 1. The van der Waals surface area contributed by atoms with Crippen molar-refractivity contribution in [2.75, 3.05) is 0 Å². The zero-order valence-electron chi connectivity index (χ0n) is 8.46. The number of hydrogen-bond donors (Lipinski definition) is 1. The van der Waals surface area contributed by atoms with E-state index in [1.165, 1.54) is 16.8 Å². The van der Waals surface area contributed by atoms with E-state index >= 15 is 0 Å². The molecule has 0 aliphatic rings. The molecule has 0 aliphatic heterocycles. The van der Waals surface area contributed by atoms with Gasteiger partial charge in [-0.3, -0.25) is 4.57 Å². The Morgan fingerprint density at radius 3 is 3.00 bits per heavy atom. The maximum absolute atomic E-state index is 11.1. The van der Waals surface area contributed by atoms with E-state index in [4.69, 9.17) is 10.4 Å². The Balaban J connectivity index is 2.69. The fourth-order valence-electron chi connectivity index (χ4n) is 1.45. The molecule has 2 heterocycles. The van der Waals surface area contributed by atoms with Crippen LogP contribution in [-0.2, 0) is 0 Å². The first-order valence-electron chi connectivity index (χ1n) is 4.60. The lowest BCUT2D eigenvalue weighted by molar-refractivity contribution is 0.0688. The molecule has 17 heavy (non-hydrogen) atoms. The molecule has 5 nitrogen and oxygen atoms in total. The summed E-state index contributed by atoms with van der Waals surface area (Å²) in [5.41, 5.74) is 0.366. The van der Waals surface area contributed by atoms with Crippen molar-refractivity contribution in [2.45, 2.75) is 0 Å². The summed E-state index contributed by atoms with van der Waals surface area (Å²) in [6, 6.07) is 6.65. The van der Waals surface area contributed by atoms with Gasteiger partial charge in [-0.1, -0.05) is 0 Å². The maximum atomic E-state index is 11.1. The van der Waals surface area contributed by atoms with Crippen LogP contribution in [0.5, 0.6) is 0 Å². The molecule has 0 spiro atoms. The smallest absolute Gasteiger partial charge is 0.352 e. The Morgan fingerprint density at radius 1 is 1.59 bits per heavy atom. The van der Waals surface area contributed by atoms with Gasteiger partial charge in [0.05, 0.1) is 5.56 Å². The third kappa shape index (κ3) is 2.05. The molecule has 1 N–H and O–H groups in total. The van der Waals surface area contributed by atoms with Crippen LogP contribution in [-0.4, -0.2) is 20.6 Å². The van der Waals surface area contributed by atoms with Crippen LogP contribution in [0.25, 0.3) is 5.82 Å². The summed E-state index contributed by atoms with van der Waals surface area (Å²) in [7, 11) is 0. The maximum Gasteiger partial charge on any atom is 0.352 e. The lowest BCUT2D eigenvalue weighted by atomic mass is 10.3. The van der Waals surface area contributed by atoms with Crippen LogP contribution in [0.2, 0.25) is 0 Å². The lowest BCUT2D eigenvalue weighted by Gasteiger charge is -2.06. The molecule has 0 atom stereocenters. The molecule has 2 rings (SSSR count). The second kappa shape index (κ2) is 4.39. The predicted octanol–water partition coefficient (Wildman–Crippen LogP) is 2.20. The Bertz CT molecular complexity index is 628. The second-order valence-corrected chi connectivity index (χ2v) is 4.12. The molecule has 0 unspecified atom stereocenters. The fraction of sp³-hybridized carbons (Fsp3) is 0. The van der Waals surface area contributed by atoms with Gasteiger partial charge in [-0.25, -0.2) is 9.78 Å². The van der Waals surface area contributed by atoms with Crippen molar-refractivity contribution in [1.82, 2.24) is 9.55 Å². The standard InChI is InChI=1S/C11H6BrN3O2/c12-8-4-9(11(16)17)15(6-8)10-7(5-13)2-1-3-14-10/h1-4,6H,(H,16,17). The van der Waals surface area contributed by atoms with Crippen molar-refractivity contribution in [3.63, 3.8) is 0 Å². The minimum atomic E-state index is -1.08. The van der Waals surface area contributed by atoms with Crippen molar-refractivity contribution >= 4 is 21.9 Å². The third-order valence-corrected chi connectivity index (χ3v) is 2.57. The van der Waals surface area contributed by atoms with E-state index in [0.29, 0.717) is 15.9 Å². The monoisotopic (exact) mass is 291 g/mol. The molecule has 2 aromatic rings. The molecule has 0 aliphatic carbocycles. The van der Waals surface area contributed by atoms with Crippen LogP contribution >= 0.6 is 15.9 Å². The summed E-state index contributed by atoms with van der Waals surface area (Å²) < 4.78 is 1.98. The SMILES string of the molecule is N#Cc1cccnc1-n1cc(Br)cc1C(=O)O. The third-order valence-electron chi connectivity index (χ3n) is 2.14. The number of rotatable bonds is 2. The lowest BCUT2D eigenvalue weighted by Crippen LogP contribution is -2.08. The molecule has 0 saturated heterocycles. The van der Waals surface area contributed by atoms with Gasteiger partial charge in [0.2, 0.25) is 0 Å². The molecule has 0 saturated carbocycles. The number of hydrogen-bond acceptors (Lipinski definition) is 3. The summed E-state index contributed by atoms with van der Waals surface area (Å²) in [6.07, 6.45) is 3.07. The number of carbonyl (C=O) groups is 1. The van der Waals surface area contributed by atoms with Crippen molar-refractivity contribution < 1.29 is 9.90 Å². The number of halogens is 1. The minimum Gasteiger partial charge on any atom is -0.477 e. The van der Waals surface area contributed by atoms with Crippen LogP contribution in [0.4, 0.5) is 0 Å². The highest BCUT2D eigenvalue weighted by molar-refractivity contribution is 9.10. The molecule has 0 bridgehead atoms. The number of carboxylic acid groups (broad SMARTS) is 1. The summed E-state index contributed by atoms with van der Waals surface area (Å²) in [6.45, 7) is 0. The van der Waals surface area contributed by atoms with Gasteiger partial charge in [-0.2, -0.15) is 5.26 Å². The molecule has 0 radical (unpaired) electrons. The Labute approximate surface area is 105 Å². The molecule has 84 valence electrons. The van der Waals surface area contributed by atoms with Gasteiger partial charge in [-0.15, -0.1) is 0 Å². The van der Waals surface area contributed by atoms with E-state index in [1.807, 2.05) is 6.07 Å². The highest BCUT2D eigenvalue weighted by Crippen LogP contribution is 2.20. The second-order valence-electron chi connectivity index (χ2n) is 3.21. The molecule has 0 fully saturated rings. The predicted molar refractivity (Wildman–Crippen MR) is 62.9 cm³/mol. The number of nitrogens with zero attached hydrogens (tertiary/aromatic N) is 3.